The molecule has 3 N–H and O–H groups in total. The molecule has 0 unspecified atom stereocenters. The summed E-state index contributed by atoms with van der Waals surface area (Å²) in [5, 5.41) is 26.3. The van der Waals surface area contributed by atoms with Crippen LogP contribution in [0.2, 0.25) is 0 Å². The lowest BCUT2D eigenvalue weighted by Crippen LogP contribution is -2.05. The van der Waals surface area contributed by atoms with Gasteiger partial charge in [-0.15, -0.1) is 0 Å². The van der Waals surface area contributed by atoms with Gasteiger partial charge in [0.25, 0.3) is 0 Å². The maximum absolute atomic E-state index is 11.3. The average Bonchev–Trinajstić information content (AvgIpc) is 2.56. The van der Waals surface area contributed by atoms with Crippen molar-refractivity contribution in [3.63, 3.8) is 0 Å². The van der Waals surface area contributed by atoms with Gasteiger partial charge in [-0.3, -0.25) is 0 Å². The maximum atomic E-state index is 11.3. The molecular formula is C18H20O6. The van der Waals surface area contributed by atoms with Crippen molar-refractivity contribution < 1.29 is 29.6 Å². The van der Waals surface area contributed by atoms with Gasteiger partial charge in [-0.25, -0.2) is 9.59 Å². The Morgan fingerprint density at radius 2 is 1.62 bits per heavy atom. The highest BCUT2D eigenvalue weighted by atomic mass is 16.5. The number of benzene rings is 2. The molecule has 0 atom stereocenters. The third-order valence-corrected chi connectivity index (χ3v) is 2.97. The van der Waals surface area contributed by atoms with E-state index in [-0.39, 0.29) is 23.0 Å². The van der Waals surface area contributed by atoms with E-state index in [4.69, 9.17) is 20.1 Å². The maximum Gasteiger partial charge on any atom is 0.339 e. The molecule has 2 aromatic rings. The lowest BCUT2D eigenvalue weighted by molar-refractivity contribution is 0.0499. The summed E-state index contributed by atoms with van der Waals surface area (Å²) in [6, 6.07) is 11.8. The van der Waals surface area contributed by atoms with E-state index in [9.17, 15) is 9.59 Å². The number of carbonyl (C=O) groups is 2. The van der Waals surface area contributed by atoms with Crippen molar-refractivity contribution in [2.24, 2.45) is 0 Å². The van der Waals surface area contributed by atoms with Crippen LogP contribution in [0.15, 0.2) is 48.5 Å². The number of unbranched alkanes of at least 4 members (excludes halogenated alkanes) is 1. The summed E-state index contributed by atoms with van der Waals surface area (Å²) < 4.78 is 4.99. The SMILES string of the molecule is CCCCOC(=O)c1ccc(O)cc1.O=C(O)c1ccccc1O. The van der Waals surface area contributed by atoms with Gasteiger partial charge in [0, 0.05) is 0 Å². The summed E-state index contributed by atoms with van der Waals surface area (Å²) in [5.41, 5.74) is 0.404. The van der Waals surface area contributed by atoms with Gasteiger partial charge >= 0.3 is 11.9 Å². The first-order valence-electron chi connectivity index (χ1n) is 7.43. The van der Waals surface area contributed by atoms with Crippen LogP contribution in [0.1, 0.15) is 40.5 Å². The third kappa shape index (κ3) is 6.39. The summed E-state index contributed by atoms with van der Waals surface area (Å²) in [5.74, 6) is -1.50. The highest BCUT2D eigenvalue weighted by Gasteiger charge is 2.06. The van der Waals surface area contributed by atoms with Crippen LogP contribution in [0.4, 0.5) is 0 Å². The van der Waals surface area contributed by atoms with E-state index in [1.165, 1.54) is 24.3 Å². The van der Waals surface area contributed by atoms with Crippen LogP contribution in [0.25, 0.3) is 0 Å². The number of aromatic hydroxyl groups is 2. The Bertz CT molecular complexity index is 663. The van der Waals surface area contributed by atoms with Crippen molar-refractivity contribution in [3.05, 3.63) is 59.7 Å². The molecular weight excluding hydrogens is 312 g/mol. The number of para-hydroxylation sites is 1. The molecule has 0 spiro atoms. The Morgan fingerprint density at radius 3 is 2.12 bits per heavy atom. The number of carboxylic acids is 1. The van der Waals surface area contributed by atoms with Crippen molar-refractivity contribution in [2.45, 2.75) is 19.8 Å². The number of rotatable bonds is 5. The average molecular weight is 332 g/mol. The topological polar surface area (TPSA) is 104 Å². The predicted molar refractivity (Wildman–Crippen MR) is 88.4 cm³/mol. The summed E-state index contributed by atoms with van der Waals surface area (Å²) in [6.45, 7) is 2.49. The van der Waals surface area contributed by atoms with Gasteiger partial charge in [0.15, 0.2) is 0 Å². The molecule has 24 heavy (non-hydrogen) atoms. The zero-order valence-corrected chi connectivity index (χ0v) is 13.3. The first kappa shape index (κ1) is 19.0. The van der Waals surface area contributed by atoms with Crippen molar-refractivity contribution in [1.82, 2.24) is 0 Å². The van der Waals surface area contributed by atoms with Gasteiger partial charge in [0.2, 0.25) is 0 Å². The Morgan fingerprint density at radius 1 is 1.00 bits per heavy atom. The molecule has 0 fully saturated rings. The van der Waals surface area contributed by atoms with Crippen LogP contribution in [-0.2, 0) is 4.74 Å². The number of phenols is 2. The van der Waals surface area contributed by atoms with Crippen LogP contribution >= 0.6 is 0 Å². The molecule has 128 valence electrons. The Balaban J connectivity index is 0.000000254. The van der Waals surface area contributed by atoms with E-state index in [1.54, 1.807) is 24.3 Å². The molecule has 0 aliphatic heterocycles. The van der Waals surface area contributed by atoms with Gasteiger partial charge in [-0.1, -0.05) is 25.5 Å². The molecule has 0 amide bonds. The lowest BCUT2D eigenvalue weighted by atomic mass is 10.2. The molecule has 6 nitrogen and oxygen atoms in total. The molecule has 6 heteroatoms. The second kappa shape index (κ2) is 9.89. The minimum atomic E-state index is -1.11. The minimum Gasteiger partial charge on any atom is -0.508 e. The first-order valence-corrected chi connectivity index (χ1v) is 7.43. The Kier molecular flexibility index (Phi) is 7.84. The molecule has 0 heterocycles. The minimum absolute atomic E-state index is 0.0671. The van der Waals surface area contributed by atoms with E-state index in [0.717, 1.165) is 12.8 Å². The van der Waals surface area contributed by atoms with Crippen LogP contribution < -0.4 is 0 Å². The highest BCUT2D eigenvalue weighted by Crippen LogP contribution is 2.14. The quantitative estimate of drug-likeness (QED) is 0.572. The smallest absolute Gasteiger partial charge is 0.339 e. The van der Waals surface area contributed by atoms with Crippen molar-refractivity contribution in [3.8, 4) is 11.5 Å². The molecule has 0 aromatic heterocycles. The van der Waals surface area contributed by atoms with Gasteiger partial charge in [0.05, 0.1) is 12.2 Å². The fraction of sp³-hybridized carbons (Fsp3) is 0.222. The molecule has 2 aromatic carbocycles. The third-order valence-electron chi connectivity index (χ3n) is 2.97. The summed E-state index contributed by atoms with van der Waals surface area (Å²) in [4.78, 5) is 21.6. The molecule has 2 rings (SSSR count). The number of carbonyl (C=O) groups excluding carboxylic acids is 1. The summed E-state index contributed by atoms with van der Waals surface area (Å²) in [6.07, 6.45) is 1.88. The zero-order chi connectivity index (χ0) is 17.9. The van der Waals surface area contributed by atoms with Crippen LogP contribution in [-0.4, -0.2) is 33.9 Å². The second-order valence-corrected chi connectivity index (χ2v) is 4.86. The van der Waals surface area contributed by atoms with E-state index in [2.05, 4.69) is 0 Å². The molecule has 0 aliphatic carbocycles. The number of hydrogen-bond acceptors (Lipinski definition) is 5. The standard InChI is InChI=1S/C11H14O3.C7H6O3/c1-2-3-8-14-11(13)9-4-6-10(12)7-5-9;8-6-4-2-1-3-5(6)7(9)10/h4-7,12H,2-3,8H2,1H3;1-4,8H,(H,9,10). The molecule has 0 bridgehead atoms. The largest absolute Gasteiger partial charge is 0.508 e. The van der Waals surface area contributed by atoms with Gasteiger partial charge in [-0.2, -0.15) is 0 Å². The fourth-order valence-electron chi connectivity index (χ4n) is 1.64. The second-order valence-electron chi connectivity index (χ2n) is 4.86. The molecule has 0 radical (unpaired) electrons. The van der Waals surface area contributed by atoms with Crippen molar-refractivity contribution in [2.75, 3.05) is 6.61 Å². The van der Waals surface area contributed by atoms with E-state index >= 15 is 0 Å². The number of carboxylic acid groups (broad SMARTS) is 1. The predicted octanol–water partition coefficient (Wildman–Crippen LogP) is 3.44. The lowest BCUT2D eigenvalue weighted by Gasteiger charge is -2.03. The molecule has 0 aliphatic rings. The van der Waals surface area contributed by atoms with Crippen molar-refractivity contribution >= 4 is 11.9 Å². The zero-order valence-electron chi connectivity index (χ0n) is 13.3. The monoisotopic (exact) mass is 332 g/mol. The summed E-state index contributed by atoms with van der Waals surface area (Å²) in [7, 11) is 0. The van der Waals surface area contributed by atoms with E-state index < -0.39 is 5.97 Å². The van der Waals surface area contributed by atoms with Crippen molar-refractivity contribution in [1.29, 1.82) is 0 Å². The summed E-state index contributed by atoms with van der Waals surface area (Å²) >= 11 is 0. The normalized spacial score (nSPS) is 9.54. The van der Waals surface area contributed by atoms with E-state index in [1.807, 2.05) is 6.92 Å². The number of aromatic carboxylic acids is 1. The number of esters is 1. The van der Waals surface area contributed by atoms with Crippen LogP contribution in [0.5, 0.6) is 11.5 Å². The van der Waals surface area contributed by atoms with Crippen LogP contribution in [0.3, 0.4) is 0 Å². The van der Waals surface area contributed by atoms with Gasteiger partial charge < -0.3 is 20.1 Å². The number of phenolic OH excluding ortho intramolecular Hbond substituents is 1. The molecule has 0 saturated heterocycles. The van der Waals surface area contributed by atoms with Crippen LogP contribution in [0, 0.1) is 0 Å². The first-order chi connectivity index (χ1) is 11.5. The van der Waals surface area contributed by atoms with Gasteiger partial charge in [-0.05, 0) is 42.8 Å². The molecule has 0 saturated carbocycles. The number of hydrogen-bond donors (Lipinski definition) is 3. The Labute approximate surface area is 140 Å². The Hall–Kier alpha value is -3.02. The van der Waals surface area contributed by atoms with Gasteiger partial charge in [0.1, 0.15) is 17.1 Å². The fourth-order valence-corrected chi connectivity index (χ4v) is 1.64. The highest BCUT2D eigenvalue weighted by molar-refractivity contribution is 5.90. The van der Waals surface area contributed by atoms with E-state index in [0.29, 0.717) is 12.2 Å². The number of ether oxygens (including phenoxy) is 1.